The summed E-state index contributed by atoms with van der Waals surface area (Å²) < 4.78 is 0. The Hall–Kier alpha value is -3.12. The summed E-state index contributed by atoms with van der Waals surface area (Å²) in [7, 11) is 0. The van der Waals surface area contributed by atoms with E-state index in [0.717, 1.165) is 12.8 Å². The summed E-state index contributed by atoms with van der Waals surface area (Å²) in [6.45, 7) is 13.3. The first kappa shape index (κ1) is 22.1. The summed E-state index contributed by atoms with van der Waals surface area (Å²) in [5.74, 6) is 0. The van der Waals surface area contributed by atoms with Crippen molar-refractivity contribution < 1.29 is 0 Å². The molecule has 0 bridgehead atoms. The molecule has 0 heterocycles. The SMILES string of the molecule is Cc1ccc(Cc2cc(-c3cc(C)c(C)c(Cc4ccc(C)cc4)c3)cc(C)c2C)cc1. The van der Waals surface area contributed by atoms with Crippen LogP contribution in [0.3, 0.4) is 0 Å². The summed E-state index contributed by atoms with van der Waals surface area (Å²) in [6.07, 6.45) is 1.95. The molecule has 0 aliphatic heterocycles. The summed E-state index contributed by atoms with van der Waals surface area (Å²) in [5.41, 5.74) is 16.4. The van der Waals surface area contributed by atoms with Gasteiger partial charge in [-0.25, -0.2) is 0 Å². The van der Waals surface area contributed by atoms with Gasteiger partial charge in [-0.15, -0.1) is 0 Å². The highest BCUT2D eigenvalue weighted by molar-refractivity contribution is 5.69. The average molecular weight is 419 g/mol. The molecule has 0 nitrogen and oxygen atoms in total. The van der Waals surface area contributed by atoms with Gasteiger partial charge in [0.1, 0.15) is 0 Å². The molecule has 0 heteroatoms. The van der Waals surface area contributed by atoms with Crippen LogP contribution in [-0.4, -0.2) is 0 Å². The Kier molecular flexibility index (Phi) is 6.33. The lowest BCUT2D eigenvalue weighted by atomic mass is 9.89. The molecule has 0 aliphatic carbocycles. The maximum absolute atomic E-state index is 2.40. The van der Waals surface area contributed by atoms with Crippen molar-refractivity contribution >= 4 is 0 Å². The average Bonchev–Trinajstić information content (AvgIpc) is 2.77. The molecule has 162 valence electrons. The summed E-state index contributed by atoms with van der Waals surface area (Å²) in [5, 5.41) is 0. The van der Waals surface area contributed by atoms with Gasteiger partial charge < -0.3 is 0 Å². The van der Waals surface area contributed by atoms with Gasteiger partial charge in [0.2, 0.25) is 0 Å². The Bertz CT molecular complexity index is 1140. The van der Waals surface area contributed by atoms with Gasteiger partial charge in [0.15, 0.2) is 0 Å². The van der Waals surface area contributed by atoms with Gasteiger partial charge in [0, 0.05) is 0 Å². The quantitative estimate of drug-likeness (QED) is 0.305. The van der Waals surface area contributed by atoms with Crippen LogP contribution in [-0.2, 0) is 12.8 Å². The zero-order valence-corrected chi connectivity index (χ0v) is 20.3. The number of benzene rings is 4. The van der Waals surface area contributed by atoms with E-state index in [1.165, 1.54) is 66.8 Å². The molecular weight excluding hydrogens is 384 g/mol. The standard InChI is InChI=1S/C32H34/c1-21-7-11-27(12-8-21)17-29-19-31(15-23(3)25(29)5)32-16-24(4)26(6)30(20-32)18-28-13-9-22(2)10-14-28/h7-16,19-20H,17-18H2,1-6H3. The lowest BCUT2D eigenvalue weighted by Gasteiger charge is -2.16. The molecule has 0 aliphatic rings. The molecule has 0 amide bonds. The topological polar surface area (TPSA) is 0 Å². The predicted octanol–water partition coefficient (Wildman–Crippen LogP) is 8.39. The highest BCUT2D eigenvalue weighted by Gasteiger charge is 2.11. The molecular formula is C32H34. The van der Waals surface area contributed by atoms with E-state index < -0.39 is 0 Å². The van der Waals surface area contributed by atoms with E-state index in [0.29, 0.717) is 0 Å². The van der Waals surface area contributed by atoms with Crippen LogP contribution < -0.4 is 0 Å². The van der Waals surface area contributed by atoms with Gasteiger partial charge in [-0.2, -0.15) is 0 Å². The zero-order valence-electron chi connectivity index (χ0n) is 20.3. The highest BCUT2D eigenvalue weighted by Crippen LogP contribution is 2.31. The van der Waals surface area contributed by atoms with Crippen LogP contribution in [0, 0.1) is 41.5 Å². The second-order valence-electron chi connectivity index (χ2n) is 9.48. The Balaban J connectivity index is 1.72. The number of hydrogen-bond donors (Lipinski definition) is 0. The molecule has 0 saturated carbocycles. The molecule has 0 saturated heterocycles. The highest BCUT2D eigenvalue weighted by atomic mass is 14.2. The number of aryl methyl sites for hydroxylation is 4. The molecule has 0 unspecified atom stereocenters. The molecule has 0 atom stereocenters. The minimum Gasteiger partial charge on any atom is -0.0590 e. The van der Waals surface area contributed by atoms with E-state index in [9.17, 15) is 0 Å². The third-order valence-electron chi connectivity index (χ3n) is 6.91. The van der Waals surface area contributed by atoms with Crippen molar-refractivity contribution in [2.24, 2.45) is 0 Å². The first-order chi connectivity index (χ1) is 15.3. The maximum atomic E-state index is 2.40. The fourth-order valence-electron chi connectivity index (χ4n) is 4.42. The van der Waals surface area contributed by atoms with Crippen molar-refractivity contribution in [1.82, 2.24) is 0 Å². The predicted molar refractivity (Wildman–Crippen MR) is 139 cm³/mol. The smallest absolute Gasteiger partial charge is 0.00228 e. The lowest BCUT2D eigenvalue weighted by Crippen LogP contribution is -1.99. The van der Waals surface area contributed by atoms with Crippen LogP contribution in [0.5, 0.6) is 0 Å². The maximum Gasteiger partial charge on any atom is -0.00228 e. The Morgan fingerprint density at radius 3 is 1.12 bits per heavy atom. The van der Waals surface area contributed by atoms with Crippen molar-refractivity contribution in [2.45, 2.75) is 54.4 Å². The normalized spacial score (nSPS) is 11.1. The van der Waals surface area contributed by atoms with Crippen molar-refractivity contribution in [3.63, 3.8) is 0 Å². The summed E-state index contributed by atoms with van der Waals surface area (Å²) >= 11 is 0. The Morgan fingerprint density at radius 1 is 0.438 bits per heavy atom. The van der Waals surface area contributed by atoms with E-state index in [4.69, 9.17) is 0 Å². The van der Waals surface area contributed by atoms with E-state index in [1.54, 1.807) is 0 Å². The van der Waals surface area contributed by atoms with Gasteiger partial charge in [0.05, 0.1) is 0 Å². The van der Waals surface area contributed by atoms with Crippen molar-refractivity contribution in [1.29, 1.82) is 0 Å². The molecule has 0 spiro atoms. The molecule has 4 aromatic carbocycles. The second kappa shape index (κ2) is 9.17. The van der Waals surface area contributed by atoms with E-state index in [1.807, 2.05) is 0 Å². The Labute approximate surface area is 194 Å². The third-order valence-corrected chi connectivity index (χ3v) is 6.91. The fraction of sp³-hybridized carbons (Fsp3) is 0.250. The van der Waals surface area contributed by atoms with E-state index in [2.05, 4.69) is 114 Å². The second-order valence-corrected chi connectivity index (χ2v) is 9.48. The van der Waals surface area contributed by atoms with Gasteiger partial charge in [-0.05, 0) is 110 Å². The molecule has 0 N–H and O–H groups in total. The van der Waals surface area contributed by atoms with Crippen LogP contribution >= 0.6 is 0 Å². The number of rotatable bonds is 5. The van der Waals surface area contributed by atoms with Gasteiger partial charge >= 0.3 is 0 Å². The largest absolute Gasteiger partial charge is 0.0590 e. The molecule has 4 aromatic rings. The molecule has 4 rings (SSSR count). The van der Waals surface area contributed by atoms with Crippen LogP contribution in [0.2, 0.25) is 0 Å². The number of hydrogen-bond acceptors (Lipinski definition) is 0. The van der Waals surface area contributed by atoms with Crippen LogP contribution in [0.1, 0.15) is 55.6 Å². The first-order valence-electron chi connectivity index (χ1n) is 11.6. The zero-order chi connectivity index (χ0) is 22.8. The van der Waals surface area contributed by atoms with Gasteiger partial charge in [-0.1, -0.05) is 83.9 Å². The first-order valence-corrected chi connectivity index (χ1v) is 11.6. The molecule has 0 fully saturated rings. The monoisotopic (exact) mass is 418 g/mol. The summed E-state index contributed by atoms with van der Waals surface area (Å²) in [4.78, 5) is 0. The fourth-order valence-corrected chi connectivity index (χ4v) is 4.42. The van der Waals surface area contributed by atoms with E-state index in [-0.39, 0.29) is 0 Å². The van der Waals surface area contributed by atoms with Crippen LogP contribution in [0.25, 0.3) is 11.1 Å². The molecule has 0 radical (unpaired) electrons. The van der Waals surface area contributed by atoms with Crippen LogP contribution in [0.4, 0.5) is 0 Å². The third kappa shape index (κ3) is 4.86. The van der Waals surface area contributed by atoms with Gasteiger partial charge in [-0.3, -0.25) is 0 Å². The van der Waals surface area contributed by atoms with E-state index >= 15 is 0 Å². The molecule has 0 aromatic heterocycles. The minimum atomic E-state index is 0.974. The summed E-state index contributed by atoms with van der Waals surface area (Å²) in [6, 6.07) is 27.4. The van der Waals surface area contributed by atoms with Gasteiger partial charge in [0.25, 0.3) is 0 Å². The lowest BCUT2D eigenvalue weighted by molar-refractivity contribution is 1.12. The molecule has 32 heavy (non-hydrogen) atoms. The minimum absolute atomic E-state index is 0.974. The van der Waals surface area contributed by atoms with Crippen LogP contribution in [0.15, 0.2) is 72.8 Å². The Morgan fingerprint density at radius 2 is 0.781 bits per heavy atom. The van der Waals surface area contributed by atoms with Crippen molar-refractivity contribution in [2.75, 3.05) is 0 Å². The van der Waals surface area contributed by atoms with Crippen molar-refractivity contribution in [3.05, 3.63) is 128 Å². The van der Waals surface area contributed by atoms with Crippen molar-refractivity contribution in [3.8, 4) is 11.1 Å².